The van der Waals surface area contributed by atoms with E-state index in [2.05, 4.69) is 48.8 Å². The van der Waals surface area contributed by atoms with Crippen molar-refractivity contribution in [2.45, 2.75) is 342 Å². The van der Waals surface area contributed by atoms with Crippen molar-refractivity contribution < 1.29 is 104 Å². The molecule has 18 unspecified atom stereocenters. The minimum absolute atomic E-state index is 0.214. The Labute approximate surface area is 523 Å². The summed E-state index contributed by atoms with van der Waals surface area (Å²) in [4.78, 5) is 38.5. The monoisotopic (exact) mass is 1260 g/mol. The fourth-order valence-corrected chi connectivity index (χ4v) is 11.7. The summed E-state index contributed by atoms with van der Waals surface area (Å²) in [6.45, 7) is 2.17. The number of hydrogen-bond donors (Lipinski definition) is 14. The molecule has 23 heteroatoms. The molecule has 0 aromatic heterocycles. The molecule has 88 heavy (non-hydrogen) atoms. The van der Waals surface area contributed by atoms with Crippen LogP contribution in [-0.4, -0.2) is 215 Å². The first kappa shape index (κ1) is 79.4. The van der Waals surface area contributed by atoms with Crippen LogP contribution in [0.15, 0.2) is 24.3 Å². The number of carbonyl (C=O) groups is 3. The van der Waals surface area contributed by atoms with E-state index < -0.39 is 148 Å². The van der Waals surface area contributed by atoms with Crippen LogP contribution in [0.2, 0.25) is 0 Å². The molecule has 0 aromatic carbocycles. The highest BCUT2D eigenvalue weighted by Gasteiger charge is 2.60. The highest BCUT2D eigenvalue weighted by Crippen LogP contribution is 2.39. The van der Waals surface area contributed by atoms with Crippen molar-refractivity contribution in [3.8, 4) is 0 Å². The van der Waals surface area contributed by atoms with Gasteiger partial charge in [0.25, 0.3) is 5.79 Å². The van der Waals surface area contributed by atoms with Gasteiger partial charge in [0.05, 0.1) is 50.7 Å². The zero-order chi connectivity index (χ0) is 64.7. The summed E-state index contributed by atoms with van der Waals surface area (Å²) in [7, 11) is 0. The largest absolute Gasteiger partial charge is 0.477 e. The van der Waals surface area contributed by atoms with Crippen LogP contribution in [0, 0.1) is 0 Å². The second-order valence-electron chi connectivity index (χ2n) is 24.7. The van der Waals surface area contributed by atoms with Gasteiger partial charge in [0, 0.05) is 19.8 Å². The van der Waals surface area contributed by atoms with Gasteiger partial charge >= 0.3 is 5.97 Å². The van der Waals surface area contributed by atoms with Gasteiger partial charge in [-0.25, -0.2) is 4.79 Å². The second kappa shape index (κ2) is 46.3. The molecule has 0 aliphatic carbocycles. The lowest BCUT2D eigenvalue weighted by Crippen LogP contribution is -2.70. The van der Waals surface area contributed by atoms with E-state index in [0.29, 0.717) is 19.3 Å². The van der Waals surface area contributed by atoms with Gasteiger partial charge in [-0.1, -0.05) is 192 Å². The number of carbonyl (C=O) groups excluding carboxylic acids is 2. The molecule has 0 bridgehead atoms. The zero-order valence-corrected chi connectivity index (χ0v) is 53.3. The number of unbranched alkanes of at least 4 members (excludes halogenated alkanes) is 26. The fourth-order valence-electron chi connectivity index (χ4n) is 11.7. The topological polar surface area (TPSA) is 373 Å². The Morgan fingerprint density at radius 3 is 1.59 bits per heavy atom. The van der Waals surface area contributed by atoms with Gasteiger partial charge in [-0.15, -0.1) is 0 Å². The minimum atomic E-state index is -3.08. The number of aliphatic hydroxyl groups is 11. The predicted molar refractivity (Wildman–Crippen MR) is 329 cm³/mol. The second-order valence-corrected chi connectivity index (χ2v) is 24.7. The lowest BCUT2D eigenvalue weighted by molar-refractivity contribution is -0.386. The SMILES string of the molecule is CCCCCCCCCCC/C=C\C/C=C\CCCCCCCCCC(=O)NC(COC1OC(CO)C(OC2OC(CO)C(O)C(OC3(C(=O)O)CC(O)C(NC(C)=O)C(C(O)C(O)CO)O3)C2O)C(O)C1O)C(O)CCCCCCCCCCCCC. The number of aliphatic carboxylic acids is 1. The zero-order valence-electron chi connectivity index (χ0n) is 53.3. The molecule has 23 nitrogen and oxygen atoms in total. The maximum absolute atomic E-state index is 13.4. The Bertz CT molecular complexity index is 1890. The lowest BCUT2D eigenvalue weighted by atomic mass is 9.88. The van der Waals surface area contributed by atoms with Crippen molar-refractivity contribution >= 4 is 17.8 Å². The Hall–Kier alpha value is -2.79. The number of carboxylic acids is 1. The van der Waals surface area contributed by atoms with Crippen LogP contribution < -0.4 is 10.6 Å². The lowest BCUT2D eigenvalue weighted by Gasteiger charge is -2.50. The van der Waals surface area contributed by atoms with Crippen LogP contribution in [0.3, 0.4) is 0 Å². The molecule has 0 spiro atoms. The molecule has 3 fully saturated rings. The molecule has 18 atom stereocenters. The molecule has 14 N–H and O–H groups in total. The molecular weight excluding hydrogens is 1140 g/mol. The molecule has 3 rings (SSSR count). The first-order valence-electron chi connectivity index (χ1n) is 33.7. The van der Waals surface area contributed by atoms with Gasteiger partial charge in [0.1, 0.15) is 67.1 Å². The Morgan fingerprint density at radius 2 is 1.09 bits per heavy atom. The van der Waals surface area contributed by atoms with E-state index in [4.69, 9.17) is 28.4 Å². The number of carboxylic acid groups (broad SMARTS) is 1. The van der Waals surface area contributed by atoms with Gasteiger partial charge in [-0.3, -0.25) is 9.59 Å². The van der Waals surface area contributed by atoms with E-state index in [1.807, 2.05) is 0 Å². The smallest absolute Gasteiger partial charge is 0.364 e. The van der Waals surface area contributed by atoms with E-state index in [-0.39, 0.29) is 18.9 Å². The Morgan fingerprint density at radius 1 is 0.591 bits per heavy atom. The highest BCUT2D eigenvalue weighted by atomic mass is 16.8. The summed E-state index contributed by atoms with van der Waals surface area (Å²) in [6.07, 6.45) is 14.9. The number of hydrogen-bond acceptors (Lipinski definition) is 20. The summed E-state index contributed by atoms with van der Waals surface area (Å²) in [6, 6.07) is -2.53. The molecule has 0 aromatic rings. The van der Waals surface area contributed by atoms with E-state index >= 15 is 0 Å². The van der Waals surface area contributed by atoms with E-state index in [1.54, 1.807) is 0 Å². The third-order valence-corrected chi connectivity index (χ3v) is 17.2. The average Bonchev–Trinajstić information content (AvgIpc) is 3.62. The van der Waals surface area contributed by atoms with Crippen LogP contribution in [0.1, 0.15) is 233 Å². The molecule has 514 valence electrons. The molecule has 3 saturated heterocycles. The highest BCUT2D eigenvalue weighted by molar-refractivity contribution is 5.77. The molecule has 3 aliphatic rings. The normalized spacial score (nSPS) is 29.1. The van der Waals surface area contributed by atoms with Gasteiger partial charge in [-0.05, 0) is 44.9 Å². The number of ether oxygens (including phenoxy) is 6. The minimum Gasteiger partial charge on any atom is -0.477 e. The standard InChI is InChI=1S/C65H118N2O21/c1-4-6-8-10-12-14-16-17-18-19-20-21-22-23-24-25-26-27-29-31-33-35-37-39-52(75)67-46(47(72)38-36-34-32-30-28-15-13-11-9-7-5-2)44-83-62-57(79)56(78)59(51(43-70)85-62)86-63-58(80)61(55(77)50(42-69)84-63)88-65(64(81)82)40-48(73)53(66-45(3)71)60(87-65)54(76)49(74)41-68/h20-21,23-24,46-51,53-63,68-70,72-74,76-80H,4-19,22,25-44H2,1-3H3,(H,66,71)(H,67,75)(H,81,82)/b21-20-,24-23-. The first-order valence-corrected chi connectivity index (χ1v) is 33.7. The van der Waals surface area contributed by atoms with E-state index in [1.165, 1.54) is 96.3 Å². The predicted octanol–water partition coefficient (Wildman–Crippen LogP) is 5.28. The van der Waals surface area contributed by atoms with Crippen LogP contribution in [0.5, 0.6) is 0 Å². The summed E-state index contributed by atoms with van der Waals surface area (Å²) in [5.41, 5.74) is 0. The van der Waals surface area contributed by atoms with Crippen LogP contribution in [0.4, 0.5) is 0 Å². The Balaban J connectivity index is 1.58. The third kappa shape index (κ3) is 29.0. The first-order chi connectivity index (χ1) is 42.4. The van der Waals surface area contributed by atoms with E-state index in [9.17, 15) is 75.7 Å². The van der Waals surface area contributed by atoms with Crippen molar-refractivity contribution in [1.82, 2.24) is 10.6 Å². The maximum atomic E-state index is 13.4. The van der Waals surface area contributed by atoms with Crippen LogP contribution >= 0.6 is 0 Å². The van der Waals surface area contributed by atoms with Gasteiger partial charge < -0.3 is 100 Å². The number of nitrogens with one attached hydrogen (secondary N) is 2. The number of allylic oxidation sites excluding steroid dienone is 4. The van der Waals surface area contributed by atoms with Crippen molar-refractivity contribution in [3.05, 3.63) is 24.3 Å². The summed E-state index contributed by atoms with van der Waals surface area (Å²) < 4.78 is 34.8. The molecule has 2 amide bonds. The number of aliphatic hydroxyl groups excluding tert-OH is 11. The maximum Gasteiger partial charge on any atom is 0.364 e. The van der Waals surface area contributed by atoms with Gasteiger partial charge in [0.2, 0.25) is 11.8 Å². The van der Waals surface area contributed by atoms with Crippen molar-refractivity contribution in [1.29, 1.82) is 0 Å². The van der Waals surface area contributed by atoms with Crippen molar-refractivity contribution in [3.63, 3.8) is 0 Å². The average molecular weight is 1260 g/mol. The third-order valence-electron chi connectivity index (χ3n) is 17.2. The summed E-state index contributed by atoms with van der Waals surface area (Å²) in [5, 5.41) is 136. The molecule has 0 radical (unpaired) electrons. The van der Waals surface area contributed by atoms with Crippen molar-refractivity contribution in [2.24, 2.45) is 0 Å². The summed E-state index contributed by atoms with van der Waals surface area (Å²) >= 11 is 0. The molecule has 0 saturated carbocycles. The number of rotatable bonds is 50. The van der Waals surface area contributed by atoms with Crippen molar-refractivity contribution in [2.75, 3.05) is 26.4 Å². The van der Waals surface area contributed by atoms with Crippen LogP contribution in [0.25, 0.3) is 0 Å². The van der Waals surface area contributed by atoms with E-state index in [0.717, 1.165) is 90.4 Å². The quantitative estimate of drug-likeness (QED) is 0.0272. The Kier molecular flexibility index (Phi) is 41.8. The van der Waals surface area contributed by atoms with Gasteiger partial charge in [0.15, 0.2) is 12.6 Å². The fraction of sp³-hybridized carbons (Fsp3) is 0.892. The van der Waals surface area contributed by atoms with Gasteiger partial charge in [-0.2, -0.15) is 0 Å². The summed E-state index contributed by atoms with van der Waals surface area (Å²) in [5.74, 6) is -6.11. The number of amides is 2. The molecular formula is C65H118N2O21. The molecule has 3 aliphatic heterocycles. The molecule has 3 heterocycles. The van der Waals surface area contributed by atoms with Crippen LogP contribution in [-0.2, 0) is 42.8 Å².